The van der Waals surface area contributed by atoms with Crippen molar-refractivity contribution < 1.29 is 17.9 Å². The summed E-state index contributed by atoms with van der Waals surface area (Å²) in [5, 5.41) is 3.86. The van der Waals surface area contributed by atoms with Crippen LogP contribution in [0.1, 0.15) is 13.8 Å². The molecule has 8 heteroatoms. The third kappa shape index (κ3) is 4.74. The maximum Gasteiger partial charge on any atom is 0.327 e. The van der Waals surface area contributed by atoms with Crippen molar-refractivity contribution in [3.05, 3.63) is 12.4 Å². The second kappa shape index (κ2) is 5.85. The smallest absolute Gasteiger partial charge is 0.327 e. The van der Waals surface area contributed by atoms with Gasteiger partial charge in [0.1, 0.15) is 6.54 Å². The van der Waals surface area contributed by atoms with Crippen LogP contribution in [0.4, 0.5) is 5.69 Å². The number of carbonyl (C=O) groups is 1. The highest BCUT2D eigenvalue weighted by molar-refractivity contribution is 7.92. The van der Waals surface area contributed by atoms with Crippen molar-refractivity contribution in [2.75, 3.05) is 17.6 Å². The van der Waals surface area contributed by atoms with Crippen LogP contribution >= 0.6 is 0 Å². The molecular formula is C10H17N3O4S. The number of methoxy groups -OCH3 is 1. The van der Waals surface area contributed by atoms with Crippen LogP contribution in [0.2, 0.25) is 0 Å². The van der Waals surface area contributed by atoms with Gasteiger partial charge in [-0.15, -0.1) is 0 Å². The van der Waals surface area contributed by atoms with Crippen molar-refractivity contribution in [2.45, 2.75) is 20.4 Å². The van der Waals surface area contributed by atoms with Gasteiger partial charge < -0.3 is 4.74 Å². The SMILES string of the molecule is COC(=O)Cn1cc(NS(=O)(=O)CC(C)C)cn1. The fourth-order valence-electron chi connectivity index (χ4n) is 1.36. The lowest BCUT2D eigenvalue weighted by molar-refractivity contribution is -0.141. The summed E-state index contributed by atoms with van der Waals surface area (Å²) >= 11 is 0. The van der Waals surface area contributed by atoms with E-state index in [1.807, 2.05) is 13.8 Å². The Bertz CT molecular complexity index is 507. The van der Waals surface area contributed by atoms with Crippen LogP contribution in [-0.4, -0.2) is 37.0 Å². The number of hydrogen-bond donors (Lipinski definition) is 1. The minimum absolute atomic E-state index is 0.0348. The second-order valence-electron chi connectivity index (χ2n) is 4.28. The van der Waals surface area contributed by atoms with Crippen LogP contribution in [0, 0.1) is 5.92 Å². The van der Waals surface area contributed by atoms with E-state index in [0.29, 0.717) is 5.69 Å². The molecule has 0 saturated carbocycles. The van der Waals surface area contributed by atoms with Crippen molar-refractivity contribution in [1.29, 1.82) is 0 Å². The van der Waals surface area contributed by atoms with E-state index in [1.54, 1.807) is 0 Å². The second-order valence-corrected chi connectivity index (χ2v) is 6.05. The summed E-state index contributed by atoms with van der Waals surface area (Å²) in [4.78, 5) is 11.0. The Morgan fingerprint density at radius 3 is 2.78 bits per heavy atom. The number of hydrogen-bond acceptors (Lipinski definition) is 5. The lowest BCUT2D eigenvalue weighted by atomic mass is 10.3. The molecule has 1 heterocycles. The van der Waals surface area contributed by atoms with Gasteiger partial charge in [-0.05, 0) is 5.92 Å². The summed E-state index contributed by atoms with van der Waals surface area (Å²) in [7, 11) is -2.10. The van der Waals surface area contributed by atoms with E-state index in [2.05, 4.69) is 14.6 Å². The molecule has 0 amide bonds. The van der Waals surface area contributed by atoms with Crippen LogP contribution in [0.5, 0.6) is 0 Å². The number of esters is 1. The van der Waals surface area contributed by atoms with Crippen LogP contribution in [-0.2, 0) is 26.1 Å². The van der Waals surface area contributed by atoms with Gasteiger partial charge in [-0.1, -0.05) is 13.8 Å². The van der Waals surface area contributed by atoms with E-state index in [1.165, 1.54) is 24.2 Å². The summed E-state index contributed by atoms with van der Waals surface area (Å²) in [5.41, 5.74) is 0.333. The Balaban J connectivity index is 2.67. The summed E-state index contributed by atoms with van der Waals surface area (Å²) in [5.74, 6) is -0.378. The molecule has 0 saturated heterocycles. The fraction of sp³-hybridized carbons (Fsp3) is 0.600. The average molecular weight is 275 g/mol. The summed E-state index contributed by atoms with van der Waals surface area (Å²) in [6, 6.07) is 0. The zero-order valence-corrected chi connectivity index (χ0v) is 11.4. The molecule has 0 aliphatic heterocycles. The topological polar surface area (TPSA) is 90.3 Å². The zero-order valence-electron chi connectivity index (χ0n) is 10.6. The maximum absolute atomic E-state index is 11.7. The number of sulfonamides is 1. The summed E-state index contributed by atoms with van der Waals surface area (Å²) < 4.78 is 31.5. The molecule has 0 fully saturated rings. The van der Waals surface area contributed by atoms with Gasteiger partial charge in [0.05, 0.1) is 24.7 Å². The number of rotatable bonds is 6. The average Bonchev–Trinajstić information content (AvgIpc) is 2.62. The van der Waals surface area contributed by atoms with Gasteiger partial charge in [-0.2, -0.15) is 5.10 Å². The lowest BCUT2D eigenvalue weighted by Crippen LogP contribution is -2.19. The first-order valence-corrected chi connectivity index (χ1v) is 7.07. The molecule has 0 spiro atoms. The number of ether oxygens (including phenoxy) is 1. The van der Waals surface area contributed by atoms with Crippen molar-refractivity contribution in [1.82, 2.24) is 9.78 Å². The van der Waals surface area contributed by atoms with Gasteiger partial charge in [0.15, 0.2) is 0 Å². The van der Waals surface area contributed by atoms with E-state index < -0.39 is 16.0 Å². The Hall–Kier alpha value is -1.57. The number of aromatic nitrogens is 2. The molecular weight excluding hydrogens is 258 g/mol. The highest BCUT2D eigenvalue weighted by Crippen LogP contribution is 2.09. The zero-order chi connectivity index (χ0) is 13.8. The normalized spacial score (nSPS) is 11.6. The van der Waals surface area contributed by atoms with Gasteiger partial charge in [-0.3, -0.25) is 14.2 Å². The molecule has 1 aromatic heterocycles. The van der Waals surface area contributed by atoms with Gasteiger partial charge in [0.25, 0.3) is 0 Å². The molecule has 1 rings (SSSR count). The number of nitrogens with zero attached hydrogens (tertiary/aromatic N) is 2. The number of anilines is 1. The van der Waals surface area contributed by atoms with Crippen LogP contribution < -0.4 is 4.72 Å². The van der Waals surface area contributed by atoms with Crippen molar-refractivity contribution in [2.24, 2.45) is 5.92 Å². The minimum atomic E-state index is -3.37. The molecule has 7 nitrogen and oxygen atoms in total. The Labute approximate surface area is 106 Å². The Morgan fingerprint density at radius 1 is 1.56 bits per heavy atom. The van der Waals surface area contributed by atoms with Crippen molar-refractivity contribution in [3.8, 4) is 0 Å². The van der Waals surface area contributed by atoms with Gasteiger partial charge >= 0.3 is 5.97 Å². The standard InChI is InChI=1S/C10H17N3O4S/c1-8(2)7-18(15,16)12-9-4-11-13(5-9)6-10(14)17-3/h4-5,8,12H,6-7H2,1-3H3. The van der Waals surface area contributed by atoms with Gasteiger partial charge in [-0.25, -0.2) is 8.42 Å². The summed E-state index contributed by atoms with van der Waals surface area (Å²) in [6.07, 6.45) is 2.79. The Morgan fingerprint density at radius 2 is 2.22 bits per heavy atom. The number of nitrogens with one attached hydrogen (secondary N) is 1. The molecule has 0 aromatic carbocycles. The van der Waals surface area contributed by atoms with Crippen molar-refractivity contribution in [3.63, 3.8) is 0 Å². The van der Waals surface area contributed by atoms with Crippen LogP contribution in [0.25, 0.3) is 0 Å². The van der Waals surface area contributed by atoms with Crippen LogP contribution in [0.3, 0.4) is 0 Å². The molecule has 0 atom stereocenters. The summed E-state index contributed by atoms with van der Waals surface area (Å²) in [6.45, 7) is 3.59. The minimum Gasteiger partial charge on any atom is -0.468 e. The quantitative estimate of drug-likeness (QED) is 0.761. The van der Waals surface area contributed by atoms with Crippen molar-refractivity contribution >= 4 is 21.7 Å². The molecule has 0 bridgehead atoms. The molecule has 0 radical (unpaired) electrons. The molecule has 18 heavy (non-hydrogen) atoms. The monoisotopic (exact) mass is 275 g/mol. The largest absolute Gasteiger partial charge is 0.468 e. The first-order chi connectivity index (χ1) is 8.32. The third-order valence-electron chi connectivity index (χ3n) is 1.98. The van der Waals surface area contributed by atoms with E-state index in [4.69, 9.17) is 0 Å². The molecule has 0 unspecified atom stereocenters. The van der Waals surface area contributed by atoms with Gasteiger partial charge in [0.2, 0.25) is 10.0 Å². The third-order valence-corrected chi connectivity index (χ3v) is 3.63. The highest BCUT2D eigenvalue weighted by Gasteiger charge is 2.14. The predicted molar refractivity (Wildman–Crippen MR) is 66.5 cm³/mol. The van der Waals surface area contributed by atoms with Gasteiger partial charge in [0, 0.05) is 6.20 Å². The molecule has 1 N–H and O–H groups in total. The molecule has 102 valence electrons. The number of carbonyl (C=O) groups excluding carboxylic acids is 1. The Kier molecular flexibility index (Phi) is 4.71. The van der Waals surface area contributed by atoms with E-state index >= 15 is 0 Å². The molecule has 0 aliphatic carbocycles. The van der Waals surface area contributed by atoms with E-state index in [0.717, 1.165) is 0 Å². The molecule has 0 aliphatic rings. The predicted octanol–water partition coefficient (Wildman–Crippen LogP) is 0.454. The first-order valence-electron chi connectivity index (χ1n) is 5.42. The first kappa shape index (κ1) is 14.5. The highest BCUT2D eigenvalue weighted by atomic mass is 32.2. The van der Waals surface area contributed by atoms with E-state index in [9.17, 15) is 13.2 Å². The van der Waals surface area contributed by atoms with Crippen LogP contribution in [0.15, 0.2) is 12.4 Å². The maximum atomic E-state index is 11.7. The fourth-order valence-corrected chi connectivity index (χ4v) is 2.79. The molecule has 1 aromatic rings. The van der Waals surface area contributed by atoms with E-state index in [-0.39, 0.29) is 18.2 Å². The lowest BCUT2D eigenvalue weighted by Gasteiger charge is -2.07.